The molecule has 10 N–H and O–H groups in total. The average molecular weight is 910 g/mol. The lowest BCUT2D eigenvalue weighted by Gasteiger charge is -2.27. The second-order valence-electron chi connectivity index (χ2n) is 18.3. The Hall–Kier alpha value is -5.90. The summed E-state index contributed by atoms with van der Waals surface area (Å²) in [6.07, 6.45) is 11.9. The van der Waals surface area contributed by atoms with Crippen LogP contribution in [0, 0.1) is 36.5 Å². The minimum atomic E-state index is 0. The molecule has 4 aromatic rings. The van der Waals surface area contributed by atoms with E-state index in [1.165, 1.54) is 31.9 Å². The number of aromatic nitrogens is 4. The fourth-order valence-corrected chi connectivity index (χ4v) is 7.40. The van der Waals surface area contributed by atoms with Crippen LogP contribution in [-0.2, 0) is 13.1 Å². The van der Waals surface area contributed by atoms with Gasteiger partial charge in [-0.25, -0.2) is 24.7 Å². The standard InChI is InChI=1S/C25H35N7O.C16H20N6.C8H17N.ClH/c1-17-12-18(22-8-10-28-23(31-22)30-21(13-26)15-27-5)6-7-19(17)14-29-24(33)32-11-9-20(16-32)25(2,3)4;1-11-7-12(3-4-13(11)8-17)15-5-6-20-16(22-15)21-14(9-18)10-19-2;1-8(2,3)7-4-5-9-6-7;/h6-8,10,12-13,15,20H,9,11,14,16,26H2,1-5H3,(H,29,33)(H,28,30,31);3-7,9-10H,8,17-18H2,1-2H3,(H,20,21,22);7,9H,4-6H2,1-3H3;1H. The molecule has 2 aromatic carbocycles. The molecule has 6 rings (SSSR count). The van der Waals surface area contributed by atoms with Crippen molar-refractivity contribution in [3.05, 3.63) is 107 Å². The van der Waals surface area contributed by atoms with Crippen molar-refractivity contribution in [2.75, 3.05) is 50.9 Å². The third kappa shape index (κ3) is 16.6. The number of nitrogens with zero attached hydrogens (tertiary/aromatic N) is 7. The molecule has 4 heterocycles. The van der Waals surface area contributed by atoms with Gasteiger partial charge in [-0.2, -0.15) is 0 Å². The van der Waals surface area contributed by atoms with Gasteiger partial charge in [0.2, 0.25) is 11.9 Å². The number of benzene rings is 2. The molecule has 2 aliphatic heterocycles. The van der Waals surface area contributed by atoms with Crippen LogP contribution in [0.2, 0.25) is 0 Å². The van der Waals surface area contributed by atoms with Crippen LogP contribution in [0.5, 0.6) is 0 Å². The number of amides is 2. The number of allylic oxidation sites excluding steroid dienone is 2. The molecule has 2 amide bonds. The molecule has 0 radical (unpaired) electrons. The highest BCUT2D eigenvalue weighted by atomic mass is 35.5. The summed E-state index contributed by atoms with van der Waals surface area (Å²) < 4.78 is 0. The van der Waals surface area contributed by atoms with Crippen molar-refractivity contribution in [2.45, 2.75) is 81.3 Å². The highest BCUT2D eigenvalue weighted by Crippen LogP contribution is 2.34. The lowest BCUT2D eigenvalue weighted by Crippen LogP contribution is -2.39. The lowest BCUT2D eigenvalue weighted by atomic mass is 9.80. The Morgan fingerprint density at radius 1 is 0.785 bits per heavy atom. The Balaban J connectivity index is 0.000000300. The number of carbonyl (C=O) groups is 1. The van der Waals surface area contributed by atoms with Gasteiger partial charge in [0.15, 0.2) is 0 Å². The van der Waals surface area contributed by atoms with E-state index in [1.54, 1.807) is 38.9 Å². The van der Waals surface area contributed by atoms with E-state index >= 15 is 0 Å². The van der Waals surface area contributed by atoms with Gasteiger partial charge in [-0.05, 0) is 109 Å². The molecule has 2 saturated heterocycles. The second kappa shape index (κ2) is 25.6. The summed E-state index contributed by atoms with van der Waals surface area (Å²) in [7, 11) is 3.34. The Bertz CT molecular complexity index is 2250. The molecule has 0 spiro atoms. The highest BCUT2D eigenvalue weighted by molar-refractivity contribution is 5.85. The predicted octanol–water partition coefficient (Wildman–Crippen LogP) is 7.83. The normalized spacial score (nSPS) is 16.6. The van der Waals surface area contributed by atoms with Gasteiger partial charge in [-0.15, -0.1) is 12.4 Å². The van der Waals surface area contributed by atoms with Crippen LogP contribution in [0.25, 0.3) is 22.5 Å². The van der Waals surface area contributed by atoms with E-state index < -0.39 is 0 Å². The van der Waals surface area contributed by atoms with E-state index in [1.807, 2.05) is 55.1 Å². The highest BCUT2D eigenvalue weighted by Gasteiger charge is 2.33. The first-order valence-electron chi connectivity index (χ1n) is 22.0. The Labute approximate surface area is 393 Å². The maximum Gasteiger partial charge on any atom is 0.317 e. The molecule has 2 aromatic heterocycles. The Kier molecular flexibility index (Phi) is 21.0. The van der Waals surface area contributed by atoms with Gasteiger partial charge in [0.1, 0.15) is 0 Å². The van der Waals surface area contributed by atoms with E-state index in [9.17, 15) is 4.79 Å². The molecular formula is C49H73ClN14O. The van der Waals surface area contributed by atoms with Crippen molar-refractivity contribution in [3.8, 4) is 22.5 Å². The molecule has 352 valence electrons. The molecule has 0 aliphatic carbocycles. The zero-order chi connectivity index (χ0) is 46.9. The van der Waals surface area contributed by atoms with Gasteiger partial charge in [-0.3, -0.25) is 9.98 Å². The van der Waals surface area contributed by atoms with Gasteiger partial charge >= 0.3 is 6.03 Å². The van der Waals surface area contributed by atoms with Crippen LogP contribution >= 0.6 is 12.4 Å². The minimum absolute atomic E-state index is 0. The van der Waals surface area contributed by atoms with Crippen molar-refractivity contribution in [1.82, 2.24) is 35.5 Å². The summed E-state index contributed by atoms with van der Waals surface area (Å²) in [5, 5.41) is 12.5. The van der Waals surface area contributed by atoms with Crippen LogP contribution in [0.4, 0.5) is 16.7 Å². The summed E-state index contributed by atoms with van der Waals surface area (Å²) in [5.41, 5.74) is 26.9. The van der Waals surface area contributed by atoms with E-state index in [0.29, 0.717) is 47.7 Å². The number of anilines is 2. The number of aryl methyl sites for hydroxylation is 2. The molecule has 2 atom stereocenters. The van der Waals surface area contributed by atoms with Gasteiger partial charge < -0.3 is 43.4 Å². The number of nitrogens with two attached hydrogens (primary N) is 3. The van der Waals surface area contributed by atoms with Crippen LogP contribution in [-0.4, -0.2) is 83.6 Å². The third-order valence-corrected chi connectivity index (χ3v) is 11.6. The monoisotopic (exact) mass is 909 g/mol. The molecular weight excluding hydrogens is 836 g/mol. The van der Waals surface area contributed by atoms with E-state index in [2.05, 4.69) is 105 Å². The fraction of sp³-hybridized carbons (Fsp3) is 0.449. The first-order chi connectivity index (χ1) is 30.5. The number of hydrogen-bond acceptors (Lipinski definition) is 13. The van der Waals surface area contributed by atoms with Crippen molar-refractivity contribution in [1.29, 1.82) is 0 Å². The fourth-order valence-electron chi connectivity index (χ4n) is 7.40. The molecule has 2 unspecified atom stereocenters. The third-order valence-electron chi connectivity index (χ3n) is 11.6. The number of nitrogens with one attached hydrogen (secondary N) is 4. The molecule has 2 fully saturated rings. The number of carbonyl (C=O) groups excluding carboxylic acids is 1. The Morgan fingerprint density at radius 2 is 1.29 bits per heavy atom. The number of likely N-dealkylation sites (tertiary alicyclic amines) is 1. The topological polar surface area (TPSA) is 223 Å². The smallest absolute Gasteiger partial charge is 0.317 e. The average Bonchev–Trinajstić information content (AvgIpc) is 4.01. The van der Waals surface area contributed by atoms with Crippen LogP contribution < -0.4 is 38.5 Å². The number of hydrogen-bond donors (Lipinski definition) is 7. The SMILES string of the molecule is CC(C)(C)C1CCNC1.CN=CC(=CN)Nc1nccc(-c2ccc(CN)c(C)c2)n1.CN=CC(=CN)Nc1nccc(-c2ccc(CNC(=O)N3CCC(C(C)(C)C)C3)c(C)c2)n1.Cl. The zero-order valence-corrected chi connectivity index (χ0v) is 40.9. The molecule has 0 saturated carbocycles. The number of halogens is 1. The lowest BCUT2D eigenvalue weighted by molar-refractivity contribution is 0.196. The Morgan fingerprint density at radius 3 is 1.68 bits per heavy atom. The molecule has 0 bridgehead atoms. The maximum atomic E-state index is 12.7. The second-order valence-corrected chi connectivity index (χ2v) is 18.3. The van der Waals surface area contributed by atoms with Crippen LogP contribution in [0.1, 0.15) is 76.6 Å². The quantitative estimate of drug-likeness (QED) is 0.0719. The van der Waals surface area contributed by atoms with E-state index in [-0.39, 0.29) is 23.9 Å². The van der Waals surface area contributed by atoms with Gasteiger partial charge in [0.05, 0.1) is 22.8 Å². The van der Waals surface area contributed by atoms with Crippen LogP contribution in [0.3, 0.4) is 0 Å². The molecule has 65 heavy (non-hydrogen) atoms. The molecule has 2 aliphatic rings. The van der Waals surface area contributed by atoms with Crippen molar-refractivity contribution in [3.63, 3.8) is 0 Å². The first kappa shape index (κ1) is 53.4. The van der Waals surface area contributed by atoms with Crippen molar-refractivity contribution < 1.29 is 4.79 Å². The summed E-state index contributed by atoms with van der Waals surface area (Å²) in [6, 6.07) is 16.0. The molecule has 15 nitrogen and oxygen atoms in total. The largest absolute Gasteiger partial charge is 0.403 e. The number of urea groups is 1. The first-order valence-corrected chi connectivity index (χ1v) is 22.0. The predicted molar refractivity (Wildman–Crippen MR) is 272 cm³/mol. The minimum Gasteiger partial charge on any atom is -0.403 e. The van der Waals surface area contributed by atoms with Crippen molar-refractivity contribution >= 4 is 42.8 Å². The van der Waals surface area contributed by atoms with Gasteiger partial charge in [0, 0.05) is 88.6 Å². The number of aliphatic imine (C=N–C) groups is 2. The summed E-state index contributed by atoms with van der Waals surface area (Å²) in [5.74, 6) is 2.35. The molecule has 16 heteroatoms. The summed E-state index contributed by atoms with van der Waals surface area (Å²) in [6.45, 7) is 22.9. The van der Waals surface area contributed by atoms with Gasteiger partial charge in [0.25, 0.3) is 0 Å². The van der Waals surface area contributed by atoms with Crippen molar-refractivity contribution in [2.24, 2.45) is 49.9 Å². The summed E-state index contributed by atoms with van der Waals surface area (Å²) >= 11 is 0. The van der Waals surface area contributed by atoms with Gasteiger partial charge in [-0.1, -0.05) is 65.8 Å². The number of rotatable bonds is 11. The van der Waals surface area contributed by atoms with E-state index in [4.69, 9.17) is 17.2 Å². The van der Waals surface area contributed by atoms with E-state index in [0.717, 1.165) is 70.2 Å². The summed E-state index contributed by atoms with van der Waals surface area (Å²) in [4.78, 5) is 40.0. The zero-order valence-electron chi connectivity index (χ0n) is 40.1. The maximum absolute atomic E-state index is 12.7. The van der Waals surface area contributed by atoms with Crippen LogP contribution in [0.15, 0.2) is 94.7 Å².